The van der Waals surface area contributed by atoms with Gasteiger partial charge in [0.1, 0.15) is 0 Å². The zero-order chi connectivity index (χ0) is 15.5. The minimum absolute atomic E-state index is 0. The summed E-state index contributed by atoms with van der Waals surface area (Å²) >= 11 is 3.43. The molecule has 1 saturated heterocycles. The minimum atomic E-state index is -4.10. The van der Waals surface area contributed by atoms with Crippen molar-refractivity contribution in [2.45, 2.75) is 32.0 Å². The van der Waals surface area contributed by atoms with E-state index >= 15 is 0 Å². The zero-order valence-electron chi connectivity index (χ0n) is 12.4. The molecular formula is C15H21BrClF3N2. The fourth-order valence-electron chi connectivity index (χ4n) is 2.80. The zero-order valence-corrected chi connectivity index (χ0v) is 14.8. The predicted molar refractivity (Wildman–Crippen MR) is 88.6 cm³/mol. The van der Waals surface area contributed by atoms with Crippen LogP contribution in [0.3, 0.4) is 0 Å². The summed E-state index contributed by atoms with van der Waals surface area (Å²) in [6.07, 6.45) is -4.74. The summed E-state index contributed by atoms with van der Waals surface area (Å²) in [5.74, 6) is 0. The average molecular weight is 402 g/mol. The Labute approximate surface area is 144 Å². The van der Waals surface area contributed by atoms with E-state index in [1.165, 1.54) is 0 Å². The third-order valence-electron chi connectivity index (χ3n) is 3.89. The van der Waals surface area contributed by atoms with E-state index < -0.39 is 12.6 Å². The second-order valence-electron chi connectivity index (χ2n) is 5.46. The van der Waals surface area contributed by atoms with Crippen molar-refractivity contribution >= 4 is 28.3 Å². The molecule has 2 nitrogen and oxygen atoms in total. The van der Waals surface area contributed by atoms with Gasteiger partial charge in [0.25, 0.3) is 0 Å². The molecule has 0 spiro atoms. The second kappa shape index (κ2) is 8.52. The molecule has 1 aliphatic heterocycles. The number of nitrogens with zero attached hydrogens (tertiary/aromatic N) is 1. The van der Waals surface area contributed by atoms with Crippen LogP contribution in [0.1, 0.15) is 30.0 Å². The first-order valence-corrected chi connectivity index (χ1v) is 7.94. The fourth-order valence-corrected chi connectivity index (χ4v) is 3.18. The van der Waals surface area contributed by atoms with Gasteiger partial charge in [-0.3, -0.25) is 4.90 Å². The highest BCUT2D eigenvalue weighted by Crippen LogP contribution is 2.34. The summed E-state index contributed by atoms with van der Waals surface area (Å²) in [6.45, 7) is 5.19. The molecule has 0 aromatic heterocycles. The molecule has 1 aliphatic rings. The molecule has 0 saturated carbocycles. The molecule has 0 amide bonds. The third-order valence-corrected chi connectivity index (χ3v) is 4.39. The van der Waals surface area contributed by atoms with Crippen molar-refractivity contribution < 1.29 is 13.2 Å². The maximum atomic E-state index is 12.6. The Hall–Kier alpha value is -0.300. The lowest BCUT2D eigenvalue weighted by Crippen LogP contribution is -2.45. The summed E-state index contributed by atoms with van der Waals surface area (Å²) in [5.41, 5.74) is 2.04. The highest BCUT2D eigenvalue weighted by atomic mass is 79.9. The van der Waals surface area contributed by atoms with Gasteiger partial charge in [0.05, 0.1) is 0 Å². The van der Waals surface area contributed by atoms with Crippen LogP contribution in [-0.4, -0.2) is 37.3 Å². The van der Waals surface area contributed by atoms with E-state index in [9.17, 15) is 13.2 Å². The quantitative estimate of drug-likeness (QED) is 0.801. The van der Waals surface area contributed by atoms with E-state index in [-0.39, 0.29) is 24.9 Å². The predicted octanol–water partition coefficient (Wildman–Crippen LogP) is 4.47. The van der Waals surface area contributed by atoms with Gasteiger partial charge in [0, 0.05) is 43.1 Å². The van der Waals surface area contributed by atoms with E-state index in [4.69, 9.17) is 0 Å². The molecule has 1 atom stereocenters. The van der Waals surface area contributed by atoms with Gasteiger partial charge in [0.15, 0.2) is 0 Å². The second-order valence-corrected chi connectivity index (χ2v) is 6.37. The molecule has 0 radical (unpaired) electrons. The van der Waals surface area contributed by atoms with E-state index in [0.29, 0.717) is 0 Å². The topological polar surface area (TPSA) is 15.3 Å². The Morgan fingerprint density at radius 2 is 1.91 bits per heavy atom. The Kier molecular flexibility index (Phi) is 7.65. The Bertz CT molecular complexity index is 476. The van der Waals surface area contributed by atoms with Crippen LogP contribution in [0.5, 0.6) is 0 Å². The van der Waals surface area contributed by atoms with E-state index in [1.807, 2.05) is 25.1 Å². The largest absolute Gasteiger partial charge is 0.389 e. The van der Waals surface area contributed by atoms with Crippen molar-refractivity contribution in [1.82, 2.24) is 10.2 Å². The van der Waals surface area contributed by atoms with Crippen LogP contribution >= 0.6 is 28.3 Å². The van der Waals surface area contributed by atoms with Gasteiger partial charge >= 0.3 is 6.18 Å². The number of hydrogen-bond acceptors (Lipinski definition) is 2. The number of halogens is 5. The standard InChI is InChI=1S/C15H20BrF3N2.ClH/c1-11-2-3-12(16)10-13(11)14(4-5-15(17,18)19)21-8-6-20-7-9-21;/h2-3,10,14,20H,4-9H2,1H3;1H/t14-;/m0./s1. The first kappa shape index (κ1) is 19.7. The number of nitrogens with one attached hydrogen (secondary N) is 1. The Morgan fingerprint density at radius 3 is 2.50 bits per heavy atom. The summed E-state index contributed by atoms with van der Waals surface area (Å²) in [6, 6.07) is 5.67. The summed E-state index contributed by atoms with van der Waals surface area (Å²) in [5, 5.41) is 3.25. The molecule has 126 valence electrons. The molecule has 1 heterocycles. The van der Waals surface area contributed by atoms with Crippen molar-refractivity contribution in [3.8, 4) is 0 Å². The summed E-state index contributed by atoms with van der Waals surface area (Å²) in [7, 11) is 0. The van der Waals surface area contributed by atoms with Gasteiger partial charge in [-0.1, -0.05) is 22.0 Å². The van der Waals surface area contributed by atoms with Gasteiger partial charge in [-0.05, 0) is 36.6 Å². The molecule has 0 bridgehead atoms. The van der Waals surface area contributed by atoms with E-state index in [2.05, 4.69) is 26.1 Å². The smallest absolute Gasteiger partial charge is 0.314 e. The third kappa shape index (κ3) is 5.72. The van der Waals surface area contributed by atoms with Gasteiger partial charge in [-0.2, -0.15) is 13.2 Å². The van der Waals surface area contributed by atoms with Crippen LogP contribution in [0.2, 0.25) is 0 Å². The van der Waals surface area contributed by atoms with Crippen LogP contribution < -0.4 is 5.32 Å². The minimum Gasteiger partial charge on any atom is -0.314 e. The lowest BCUT2D eigenvalue weighted by Gasteiger charge is -2.36. The molecule has 1 aromatic carbocycles. The molecule has 1 fully saturated rings. The lowest BCUT2D eigenvalue weighted by molar-refractivity contribution is -0.138. The Balaban J connectivity index is 0.00000242. The summed E-state index contributed by atoms with van der Waals surface area (Å²) in [4.78, 5) is 2.16. The van der Waals surface area contributed by atoms with Crippen LogP contribution in [0.4, 0.5) is 13.2 Å². The van der Waals surface area contributed by atoms with Gasteiger partial charge in [-0.15, -0.1) is 12.4 Å². The first-order valence-electron chi connectivity index (χ1n) is 7.14. The van der Waals surface area contributed by atoms with E-state index in [0.717, 1.165) is 41.8 Å². The average Bonchev–Trinajstić information content (AvgIpc) is 2.43. The number of benzene rings is 1. The highest BCUT2D eigenvalue weighted by Gasteiger charge is 2.31. The van der Waals surface area contributed by atoms with Crippen LogP contribution in [0.15, 0.2) is 22.7 Å². The Morgan fingerprint density at radius 1 is 1.27 bits per heavy atom. The van der Waals surface area contributed by atoms with Crippen molar-refractivity contribution in [2.75, 3.05) is 26.2 Å². The number of hydrogen-bond donors (Lipinski definition) is 1. The molecule has 0 aliphatic carbocycles. The number of piperazine rings is 1. The molecule has 2 rings (SSSR count). The van der Waals surface area contributed by atoms with Crippen molar-refractivity contribution in [1.29, 1.82) is 0 Å². The lowest BCUT2D eigenvalue weighted by atomic mass is 9.95. The number of rotatable bonds is 4. The van der Waals surface area contributed by atoms with Gasteiger partial charge in [0.2, 0.25) is 0 Å². The van der Waals surface area contributed by atoms with Crippen molar-refractivity contribution in [3.05, 3.63) is 33.8 Å². The van der Waals surface area contributed by atoms with Crippen molar-refractivity contribution in [2.24, 2.45) is 0 Å². The van der Waals surface area contributed by atoms with Crippen LogP contribution in [0, 0.1) is 6.92 Å². The SMILES string of the molecule is Cc1ccc(Br)cc1[C@H](CCC(F)(F)F)N1CCNCC1.Cl. The van der Waals surface area contributed by atoms with Gasteiger partial charge < -0.3 is 5.32 Å². The number of aryl methyl sites for hydroxylation is 1. The highest BCUT2D eigenvalue weighted by molar-refractivity contribution is 9.10. The maximum Gasteiger partial charge on any atom is 0.389 e. The van der Waals surface area contributed by atoms with Crippen LogP contribution in [0.25, 0.3) is 0 Å². The molecule has 7 heteroatoms. The van der Waals surface area contributed by atoms with Gasteiger partial charge in [-0.25, -0.2) is 0 Å². The van der Waals surface area contributed by atoms with Crippen molar-refractivity contribution in [3.63, 3.8) is 0 Å². The van der Waals surface area contributed by atoms with E-state index in [1.54, 1.807) is 0 Å². The maximum absolute atomic E-state index is 12.6. The number of alkyl halides is 3. The van der Waals surface area contributed by atoms with Crippen LogP contribution in [-0.2, 0) is 0 Å². The molecular weight excluding hydrogens is 381 g/mol. The summed E-state index contributed by atoms with van der Waals surface area (Å²) < 4.78 is 38.8. The molecule has 22 heavy (non-hydrogen) atoms. The molecule has 1 aromatic rings. The fraction of sp³-hybridized carbons (Fsp3) is 0.600. The first-order chi connectivity index (χ1) is 9.87. The monoisotopic (exact) mass is 400 g/mol. The molecule has 1 N–H and O–H groups in total. The molecule has 0 unspecified atom stereocenters. The normalized spacial score (nSPS) is 17.9.